The maximum Gasteiger partial charge on any atom is 0.251 e. The Morgan fingerprint density at radius 3 is 2.34 bits per heavy atom. The number of rotatable bonds is 6. The number of fused-ring (bicyclic) bond motifs is 1. The Kier molecular flexibility index (Phi) is 6.85. The lowest BCUT2D eigenvalue weighted by Gasteiger charge is -2.32. The molecule has 0 saturated carbocycles. The van der Waals surface area contributed by atoms with Crippen molar-refractivity contribution < 1.29 is 9.59 Å². The first kappa shape index (κ1) is 22.8. The van der Waals surface area contributed by atoms with Crippen molar-refractivity contribution in [2.75, 3.05) is 19.6 Å². The van der Waals surface area contributed by atoms with Crippen molar-refractivity contribution in [3.05, 3.63) is 102 Å². The molecule has 0 radical (unpaired) electrons. The largest absolute Gasteiger partial charge is 0.343 e. The average molecular weight is 464 g/mol. The van der Waals surface area contributed by atoms with Crippen LogP contribution in [0.15, 0.2) is 91.1 Å². The fourth-order valence-corrected chi connectivity index (χ4v) is 4.75. The average Bonchev–Trinajstić information content (AvgIpc) is 2.92. The van der Waals surface area contributed by atoms with Crippen LogP contribution in [0.1, 0.15) is 28.8 Å². The fraction of sp³-hybridized carbons (Fsp3) is 0.233. The molecule has 1 N–H and O–H groups in total. The Morgan fingerprint density at radius 2 is 1.57 bits per heavy atom. The van der Waals surface area contributed by atoms with Crippen LogP contribution in [0.25, 0.3) is 22.0 Å². The van der Waals surface area contributed by atoms with E-state index in [-0.39, 0.29) is 18.4 Å². The summed E-state index contributed by atoms with van der Waals surface area (Å²) in [5.74, 6) is 0.350. The number of carbonyl (C=O) groups excluding carboxylic acids is 2. The highest BCUT2D eigenvalue weighted by Gasteiger charge is 2.23. The van der Waals surface area contributed by atoms with Gasteiger partial charge in [-0.05, 0) is 60.6 Å². The summed E-state index contributed by atoms with van der Waals surface area (Å²) in [6.07, 6.45) is 4.91. The number of pyridine rings is 1. The number of carbonyl (C=O) groups is 2. The molecule has 2 heterocycles. The van der Waals surface area contributed by atoms with E-state index in [1.807, 2.05) is 53.6 Å². The maximum absolute atomic E-state index is 12.6. The number of para-hydroxylation sites is 1. The number of amides is 2. The molecule has 176 valence electrons. The Morgan fingerprint density at radius 1 is 0.857 bits per heavy atom. The predicted octanol–water partition coefficient (Wildman–Crippen LogP) is 5.11. The highest BCUT2D eigenvalue weighted by Crippen LogP contribution is 2.24. The molecule has 0 aliphatic carbocycles. The van der Waals surface area contributed by atoms with Crippen LogP contribution in [0.2, 0.25) is 0 Å². The van der Waals surface area contributed by atoms with Gasteiger partial charge in [-0.25, -0.2) is 0 Å². The number of nitrogens with zero attached hydrogens (tertiary/aromatic N) is 2. The lowest BCUT2D eigenvalue weighted by molar-refractivity contribution is -0.131. The first-order valence-corrected chi connectivity index (χ1v) is 12.2. The van der Waals surface area contributed by atoms with E-state index in [2.05, 4.69) is 40.6 Å². The molecule has 1 fully saturated rings. The van der Waals surface area contributed by atoms with Crippen LogP contribution < -0.4 is 5.32 Å². The predicted molar refractivity (Wildman–Crippen MR) is 139 cm³/mol. The van der Waals surface area contributed by atoms with Crippen molar-refractivity contribution >= 4 is 22.7 Å². The summed E-state index contributed by atoms with van der Waals surface area (Å²) < 4.78 is 0. The van der Waals surface area contributed by atoms with Crippen molar-refractivity contribution in [2.45, 2.75) is 19.3 Å². The van der Waals surface area contributed by atoms with E-state index in [4.69, 9.17) is 0 Å². The molecular weight excluding hydrogens is 434 g/mol. The Hall–Kier alpha value is -3.99. The van der Waals surface area contributed by atoms with Crippen LogP contribution in [0.3, 0.4) is 0 Å². The second-order valence-corrected chi connectivity index (χ2v) is 9.19. The van der Waals surface area contributed by atoms with Gasteiger partial charge in [0.15, 0.2) is 0 Å². The zero-order valence-electron chi connectivity index (χ0n) is 19.7. The van der Waals surface area contributed by atoms with Crippen molar-refractivity contribution in [2.24, 2.45) is 5.92 Å². The van der Waals surface area contributed by atoms with E-state index in [1.165, 1.54) is 5.56 Å². The molecule has 0 unspecified atom stereocenters. The topological polar surface area (TPSA) is 62.3 Å². The number of hydrogen-bond donors (Lipinski definition) is 1. The number of piperidine rings is 1. The molecule has 5 rings (SSSR count). The third-order valence-electron chi connectivity index (χ3n) is 6.81. The van der Waals surface area contributed by atoms with Crippen LogP contribution in [0, 0.1) is 5.92 Å². The zero-order valence-corrected chi connectivity index (χ0v) is 19.7. The minimum atomic E-state index is -0.236. The number of benzene rings is 3. The van der Waals surface area contributed by atoms with Gasteiger partial charge in [0.25, 0.3) is 5.91 Å². The molecule has 0 bridgehead atoms. The number of nitrogens with one attached hydrogen (secondary N) is 1. The summed E-state index contributed by atoms with van der Waals surface area (Å²) in [6, 6.07) is 28.0. The van der Waals surface area contributed by atoms with E-state index >= 15 is 0 Å². The molecule has 5 heteroatoms. The summed E-state index contributed by atoms with van der Waals surface area (Å²) >= 11 is 0. The third kappa shape index (κ3) is 5.57. The SMILES string of the molecule is O=C(NCC(=O)N1CCC(Cc2ccccc2)CC1)c1ccc(-c2cnc3ccccc3c2)cc1. The quantitative estimate of drug-likeness (QED) is 0.432. The third-order valence-corrected chi connectivity index (χ3v) is 6.81. The summed E-state index contributed by atoms with van der Waals surface area (Å²) in [4.78, 5) is 31.6. The molecule has 35 heavy (non-hydrogen) atoms. The molecule has 0 spiro atoms. The van der Waals surface area contributed by atoms with E-state index < -0.39 is 0 Å². The maximum atomic E-state index is 12.6. The van der Waals surface area contributed by atoms with Crippen molar-refractivity contribution in [1.82, 2.24) is 15.2 Å². The minimum Gasteiger partial charge on any atom is -0.343 e. The Balaban J connectivity index is 1.11. The molecule has 0 atom stereocenters. The van der Waals surface area contributed by atoms with Gasteiger partial charge in [-0.2, -0.15) is 0 Å². The fourth-order valence-electron chi connectivity index (χ4n) is 4.75. The first-order valence-electron chi connectivity index (χ1n) is 12.2. The van der Waals surface area contributed by atoms with E-state index in [9.17, 15) is 9.59 Å². The molecule has 1 aliphatic rings. The minimum absolute atomic E-state index is 0.0182. The second-order valence-electron chi connectivity index (χ2n) is 9.19. The van der Waals surface area contributed by atoms with Crippen LogP contribution >= 0.6 is 0 Å². The summed E-state index contributed by atoms with van der Waals surface area (Å²) in [5, 5.41) is 3.87. The van der Waals surface area contributed by atoms with Gasteiger partial charge >= 0.3 is 0 Å². The highest BCUT2D eigenvalue weighted by molar-refractivity contribution is 5.97. The molecule has 2 amide bonds. The van der Waals surface area contributed by atoms with Gasteiger partial charge in [0, 0.05) is 35.8 Å². The smallest absolute Gasteiger partial charge is 0.251 e. The van der Waals surface area contributed by atoms with Crippen LogP contribution in [-0.4, -0.2) is 41.3 Å². The lowest BCUT2D eigenvalue weighted by Crippen LogP contribution is -2.44. The standard InChI is InChI=1S/C30H29N3O2/c34-29(33-16-14-23(15-17-33)18-22-6-2-1-3-7-22)21-32-30(35)25-12-10-24(11-13-25)27-19-26-8-4-5-9-28(26)31-20-27/h1-13,19-20,23H,14-18,21H2,(H,32,35). The van der Waals surface area contributed by atoms with Gasteiger partial charge in [-0.1, -0.05) is 60.7 Å². The normalized spacial score (nSPS) is 14.1. The van der Waals surface area contributed by atoms with Crippen LogP contribution in [0.4, 0.5) is 0 Å². The molecule has 3 aromatic carbocycles. The monoisotopic (exact) mass is 463 g/mol. The Labute approximate surface area is 205 Å². The molecule has 1 aliphatic heterocycles. The second kappa shape index (κ2) is 10.5. The van der Waals surface area contributed by atoms with Crippen LogP contribution in [0.5, 0.6) is 0 Å². The van der Waals surface area contributed by atoms with Crippen molar-refractivity contribution in [3.8, 4) is 11.1 Å². The Bertz CT molecular complexity index is 1310. The molecule has 1 aromatic heterocycles. The highest BCUT2D eigenvalue weighted by atomic mass is 16.2. The number of hydrogen-bond acceptors (Lipinski definition) is 3. The van der Waals surface area contributed by atoms with Gasteiger partial charge in [0.2, 0.25) is 5.91 Å². The summed E-state index contributed by atoms with van der Waals surface area (Å²) in [7, 11) is 0. The van der Waals surface area contributed by atoms with Gasteiger partial charge in [0.05, 0.1) is 12.1 Å². The molecular formula is C30H29N3O2. The van der Waals surface area contributed by atoms with E-state index in [1.54, 1.807) is 12.1 Å². The van der Waals surface area contributed by atoms with Gasteiger partial charge < -0.3 is 10.2 Å². The van der Waals surface area contributed by atoms with Gasteiger partial charge in [0.1, 0.15) is 0 Å². The van der Waals surface area contributed by atoms with Gasteiger partial charge in [-0.3, -0.25) is 14.6 Å². The molecule has 4 aromatic rings. The number of likely N-dealkylation sites (tertiary alicyclic amines) is 1. The van der Waals surface area contributed by atoms with Crippen molar-refractivity contribution in [1.29, 1.82) is 0 Å². The van der Waals surface area contributed by atoms with E-state index in [0.717, 1.165) is 54.4 Å². The lowest BCUT2D eigenvalue weighted by atomic mass is 9.90. The van der Waals surface area contributed by atoms with Crippen molar-refractivity contribution in [3.63, 3.8) is 0 Å². The molecule has 1 saturated heterocycles. The number of aromatic nitrogens is 1. The van der Waals surface area contributed by atoms with Crippen LogP contribution in [-0.2, 0) is 11.2 Å². The molecule has 5 nitrogen and oxygen atoms in total. The zero-order chi connectivity index (χ0) is 24.0. The van der Waals surface area contributed by atoms with Gasteiger partial charge in [-0.15, -0.1) is 0 Å². The summed E-state index contributed by atoms with van der Waals surface area (Å²) in [5.41, 5.74) is 4.84. The summed E-state index contributed by atoms with van der Waals surface area (Å²) in [6.45, 7) is 1.53. The first-order chi connectivity index (χ1) is 17.2. The van der Waals surface area contributed by atoms with E-state index in [0.29, 0.717) is 11.5 Å².